The fourth-order valence-electron chi connectivity index (χ4n) is 4.81. The van der Waals surface area contributed by atoms with Gasteiger partial charge in [-0.15, -0.1) is 0 Å². The van der Waals surface area contributed by atoms with E-state index in [4.69, 9.17) is 0 Å². The molecule has 3 aromatic carbocycles. The van der Waals surface area contributed by atoms with Gasteiger partial charge in [0.1, 0.15) is 0 Å². The fraction of sp³-hybridized carbons (Fsp3) is 0.286. The average Bonchev–Trinajstić information content (AvgIpc) is 3.24. The van der Waals surface area contributed by atoms with E-state index >= 15 is 0 Å². The van der Waals surface area contributed by atoms with Crippen LogP contribution in [0.4, 0.5) is 0 Å². The summed E-state index contributed by atoms with van der Waals surface area (Å²) in [6, 6.07) is 26.1. The molecule has 0 aliphatic carbocycles. The highest BCUT2D eigenvalue weighted by Gasteiger charge is 2.18. The van der Waals surface area contributed by atoms with E-state index in [-0.39, 0.29) is 0 Å². The van der Waals surface area contributed by atoms with Gasteiger partial charge >= 0.3 is 0 Å². The molecule has 3 nitrogen and oxygen atoms in total. The largest absolute Gasteiger partial charge is 0.361 e. The topological polar surface area (TPSA) is 22.3 Å². The van der Waals surface area contributed by atoms with Crippen molar-refractivity contribution in [2.24, 2.45) is 0 Å². The number of H-pyrrole nitrogens is 1. The number of para-hydroxylation sites is 1. The molecule has 1 aliphatic rings. The minimum atomic E-state index is 1.04. The van der Waals surface area contributed by atoms with Gasteiger partial charge in [-0.05, 0) is 47.2 Å². The van der Waals surface area contributed by atoms with Gasteiger partial charge in [-0.2, -0.15) is 0 Å². The molecule has 0 amide bonds. The predicted molar refractivity (Wildman–Crippen MR) is 130 cm³/mol. The lowest BCUT2D eigenvalue weighted by molar-refractivity contribution is 0.128. The van der Waals surface area contributed by atoms with E-state index in [1.807, 2.05) is 0 Å². The van der Waals surface area contributed by atoms with Gasteiger partial charge in [-0.3, -0.25) is 4.90 Å². The SMILES string of the molecule is Cc1c(CN2CCN(CCc3c[nH]c4ccccc34)CC2)cccc1-c1ccccc1. The van der Waals surface area contributed by atoms with E-state index in [9.17, 15) is 0 Å². The van der Waals surface area contributed by atoms with Crippen molar-refractivity contribution >= 4 is 10.9 Å². The molecule has 0 atom stereocenters. The van der Waals surface area contributed by atoms with Crippen molar-refractivity contribution in [1.29, 1.82) is 0 Å². The third-order valence-corrected chi connectivity index (χ3v) is 6.76. The molecular weight excluding hydrogens is 378 g/mol. The molecular formula is C28H31N3. The average molecular weight is 410 g/mol. The minimum Gasteiger partial charge on any atom is -0.361 e. The molecule has 158 valence electrons. The van der Waals surface area contributed by atoms with Gasteiger partial charge in [-0.25, -0.2) is 0 Å². The molecule has 31 heavy (non-hydrogen) atoms. The summed E-state index contributed by atoms with van der Waals surface area (Å²) < 4.78 is 0. The standard InChI is InChI=1S/C28H31N3/c1-22-25(10-7-12-26(22)23-8-3-2-4-9-23)21-31-18-16-30(17-19-31)15-14-24-20-29-28-13-6-5-11-27(24)28/h2-13,20,29H,14-19,21H2,1H3. The first-order valence-electron chi connectivity index (χ1n) is 11.4. The summed E-state index contributed by atoms with van der Waals surface area (Å²) in [4.78, 5) is 8.63. The van der Waals surface area contributed by atoms with E-state index in [0.717, 1.165) is 45.7 Å². The van der Waals surface area contributed by atoms with Crippen LogP contribution in [0.3, 0.4) is 0 Å². The number of benzene rings is 3. The summed E-state index contributed by atoms with van der Waals surface area (Å²) in [5, 5.41) is 1.37. The van der Waals surface area contributed by atoms with Crippen LogP contribution in [0.5, 0.6) is 0 Å². The minimum absolute atomic E-state index is 1.04. The Bertz CT molecular complexity index is 1140. The lowest BCUT2D eigenvalue weighted by atomic mass is 9.96. The predicted octanol–water partition coefficient (Wildman–Crippen LogP) is 5.50. The van der Waals surface area contributed by atoms with Crippen molar-refractivity contribution in [3.8, 4) is 11.1 Å². The molecule has 0 radical (unpaired) electrons. The molecule has 1 N–H and O–H groups in total. The molecule has 1 aromatic heterocycles. The zero-order chi connectivity index (χ0) is 21.0. The Labute approximate surface area is 185 Å². The first kappa shape index (κ1) is 20.0. The molecule has 5 rings (SSSR count). The van der Waals surface area contributed by atoms with Gasteiger partial charge in [0.05, 0.1) is 0 Å². The third-order valence-electron chi connectivity index (χ3n) is 6.76. The summed E-state index contributed by atoms with van der Waals surface area (Å²) >= 11 is 0. The molecule has 0 unspecified atom stereocenters. The van der Waals surface area contributed by atoms with E-state index in [0.29, 0.717) is 0 Å². The van der Waals surface area contributed by atoms with Crippen LogP contribution in [-0.4, -0.2) is 47.5 Å². The molecule has 1 aliphatic heterocycles. The van der Waals surface area contributed by atoms with Crippen molar-refractivity contribution in [3.63, 3.8) is 0 Å². The second-order valence-corrected chi connectivity index (χ2v) is 8.68. The Morgan fingerprint density at radius 2 is 1.48 bits per heavy atom. The summed E-state index contributed by atoms with van der Waals surface area (Å²) in [6.45, 7) is 9.04. The van der Waals surface area contributed by atoms with Gasteiger partial charge in [0, 0.05) is 56.4 Å². The number of aromatic nitrogens is 1. The van der Waals surface area contributed by atoms with Crippen LogP contribution in [0.1, 0.15) is 16.7 Å². The van der Waals surface area contributed by atoms with Crippen LogP contribution in [0.25, 0.3) is 22.0 Å². The molecule has 1 saturated heterocycles. The Hall–Kier alpha value is -2.88. The van der Waals surface area contributed by atoms with Crippen molar-refractivity contribution in [2.75, 3.05) is 32.7 Å². The van der Waals surface area contributed by atoms with Crippen molar-refractivity contribution < 1.29 is 0 Å². The number of rotatable bonds is 6. The Morgan fingerprint density at radius 1 is 0.742 bits per heavy atom. The highest BCUT2D eigenvalue weighted by atomic mass is 15.3. The van der Waals surface area contributed by atoms with E-state index < -0.39 is 0 Å². The molecule has 2 heterocycles. The van der Waals surface area contributed by atoms with Crippen molar-refractivity contribution in [3.05, 3.63) is 95.7 Å². The number of nitrogens with one attached hydrogen (secondary N) is 1. The van der Waals surface area contributed by atoms with Crippen LogP contribution in [0.2, 0.25) is 0 Å². The third kappa shape index (κ3) is 4.43. The monoisotopic (exact) mass is 409 g/mol. The van der Waals surface area contributed by atoms with Crippen LogP contribution in [0, 0.1) is 6.92 Å². The lowest BCUT2D eigenvalue weighted by Crippen LogP contribution is -2.46. The number of piperazine rings is 1. The second-order valence-electron chi connectivity index (χ2n) is 8.68. The summed E-state index contributed by atoms with van der Waals surface area (Å²) in [5.41, 5.74) is 8.21. The molecule has 0 bridgehead atoms. The van der Waals surface area contributed by atoms with Crippen molar-refractivity contribution in [1.82, 2.24) is 14.8 Å². The van der Waals surface area contributed by atoms with Crippen LogP contribution >= 0.6 is 0 Å². The Morgan fingerprint density at radius 3 is 2.32 bits per heavy atom. The van der Waals surface area contributed by atoms with Gasteiger partial charge in [0.2, 0.25) is 0 Å². The zero-order valence-electron chi connectivity index (χ0n) is 18.3. The van der Waals surface area contributed by atoms with Crippen LogP contribution in [-0.2, 0) is 13.0 Å². The number of nitrogens with zero attached hydrogens (tertiary/aromatic N) is 2. The van der Waals surface area contributed by atoms with E-state index in [2.05, 4.69) is 101 Å². The molecule has 0 spiro atoms. The molecule has 4 aromatic rings. The first-order valence-corrected chi connectivity index (χ1v) is 11.4. The van der Waals surface area contributed by atoms with Crippen molar-refractivity contribution in [2.45, 2.75) is 19.9 Å². The number of hydrogen-bond acceptors (Lipinski definition) is 2. The van der Waals surface area contributed by atoms with Crippen LogP contribution in [0.15, 0.2) is 79.0 Å². The van der Waals surface area contributed by atoms with E-state index in [1.165, 1.54) is 38.7 Å². The Balaban J connectivity index is 1.17. The van der Waals surface area contributed by atoms with Gasteiger partial charge in [0.15, 0.2) is 0 Å². The highest BCUT2D eigenvalue weighted by molar-refractivity contribution is 5.83. The molecule has 1 fully saturated rings. The van der Waals surface area contributed by atoms with Crippen LogP contribution < -0.4 is 0 Å². The quantitative estimate of drug-likeness (QED) is 0.454. The number of fused-ring (bicyclic) bond motifs is 1. The summed E-state index contributed by atoms with van der Waals surface area (Å²) in [6.07, 6.45) is 3.30. The maximum atomic E-state index is 3.41. The Kier molecular flexibility index (Phi) is 5.88. The number of aromatic amines is 1. The maximum absolute atomic E-state index is 3.41. The number of hydrogen-bond donors (Lipinski definition) is 1. The fourth-order valence-corrected chi connectivity index (χ4v) is 4.81. The smallest absolute Gasteiger partial charge is 0.0456 e. The maximum Gasteiger partial charge on any atom is 0.0456 e. The lowest BCUT2D eigenvalue weighted by Gasteiger charge is -2.35. The second kappa shape index (κ2) is 9.09. The van der Waals surface area contributed by atoms with Gasteiger partial charge in [-0.1, -0.05) is 66.7 Å². The first-order chi connectivity index (χ1) is 15.3. The molecule has 0 saturated carbocycles. The molecule has 3 heteroatoms. The van der Waals surface area contributed by atoms with Gasteiger partial charge in [0.25, 0.3) is 0 Å². The normalized spacial score (nSPS) is 15.5. The van der Waals surface area contributed by atoms with Gasteiger partial charge < -0.3 is 9.88 Å². The summed E-state index contributed by atoms with van der Waals surface area (Å²) in [5.74, 6) is 0. The summed E-state index contributed by atoms with van der Waals surface area (Å²) in [7, 11) is 0. The van der Waals surface area contributed by atoms with E-state index in [1.54, 1.807) is 0 Å². The highest BCUT2D eigenvalue weighted by Crippen LogP contribution is 2.26. The zero-order valence-corrected chi connectivity index (χ0v) is 18.3.